The Morgan fingerprint density at radius 2 is 2.09 bits per heavy atom. The van der Waals surface area contributed by atoms with E-state index in [9.17, 15) is 18.4 Å². The second kappa shape index (κ2) is 8.40. The predicted molar refractivity (Wildman–Crippen MR) is 120 cm³/mol. The molecule has 1 amide bonds. The number of hydrogen-bond acceptors (Lipinski definition) is 4. The van der Waals surface area contributed by atoms with Gasteiger partial charge in [-0.15, -0.1) is 0 Å². The smallest absolute Gasteiger partial charge is 0.261 e. The molecule has 0 saturated carbocycles. The number of benzene rings is 1. The quantitative estimate of drug-likeness (QED) is 0.457. The third kappa shape index (κ3) is 3.89. The number of hydrogen-bond donors (Lipinski definition) is 0. The van der Waals surface area contributed by atoms with Crippen molar-refractivity contribution in [2.45, 2.75) is 19.1 Å². The first-order valence-electron chi connectivity index (χ1n) is 10.3. The highest BCUT2D eigenvalue weighted by Crippen LogP contribution is 2.32. The van der Waals surface area contributed by atoms with Crippen LogP contribution in [0.3, 0.4) is 0 Å². The lowest BCUT2D eigenvalue weighted by atomic mass is 10.1. The summed E-state index contributed by atoms with van der Waals surface area (Å²) in [5, 5.41) is 0.257. The molecule has 0 aliphatic carbocycles. The van der Waals surface area contributed by atoms with Gasteiger partial charge in [-0.2, -0.15) is 0 Å². The van der Waals surface area contributed by atoms with Gasteiger partial charge < -0.3 is 14.0 Å². The molecule has 7 nitrogen and oxygen atoms in total. The Morgan fingerprint density at radius 1 is 1.24 bits per heavy atom. The summed E-state index contributed by atoms with van der Waals surface area (Å²) in [5.74, 6) is -0.355. The molecule has 1 atom stereocenters. The number of alkyl halides is 1. The predicted octanol–water partition coefficient (Wildman–Crippen LogP) is 3.61. The van der Waals surface area contributed by atoms with E-state index in [1.54, 1.807) is 29.1 Å². The van der Waals surface area contributed by atoms with Crippen LogP contribution >= 0.6 is 11.6 Å². The van der Waals surface area contributed by atoms with Crippen LogP contribution in [0.5, 0.6) is 0 Å². The number of rotatable bonds is 4. The minimum absolute atomic E-state index is 0.0409. The summed E-state index contributed by atoms with van der Waals surface area (Å²) in [7, 11) is 0. The van der Waals surface area contributed by atoms with Gasteiger partial charge in [0.2, 0.25) is 5.91 Å². The van der Waals surface area contributed by atoms with E-state index in [-0.39, 0.29) is 24.0 Å². The Hall–Kier alpha value is -3.59. The molecule has 168 valence electrons. The molecule has 10 heteroatoms. The summed E-state index contributed by atoms with van der Waals surface area (Å²) in [5.41, 5.74) is 1.21. The Bertz CT molecular complexity index is 1420. The Morgan fingerprint density at radius 3 is 2.79 bits per heavy atom. The van der Waals surface area contributed by atoms with Gasteiger partial charge in [0.1, 0.15) is 30.7 Å². The highest BCUT2D eigenvalue weighted by Gasteiger charge is 2.26. The van der Waals surface area contributed by atoms with E-state index in [4.69, 9.17) is 11.6 Å². The van der Waals surface area contributed by atoms with Gasteiger partial charge in [0.15, 0.2) is 0 Å². The maximum Gasteiger partial charge on any atom is 0.261 e. The van der Waals surface area contributed by atoms with Crippen molar-refractivity contribution in [1.29, 1.82) is 0 Å². The standard InChI is InChI=1S/C23H18ClF2N5O2/c24-17-9-14(1-2-18(17)26)16-11-31(20-3-6-27-13-28-20)19-5-8-30(23(33)22(16)19)12-21(32)29-7-4-15(25)10-29/h1-3,5-6,8-9,11,13,15H,4,7,10,12H2. The molecule has 1 fully saturated rings. The number of carbonyl (C=O) groups is 1. The number of amides is 1. The average Bonchev–Trinajstić information content (AvgIpc) is 3.42. The van der Waals surface area contributed by atoms with Crippen molar-refractivity contribution in [2.24, 2.45) is 0 Å². The second-order valence-electron chi connectivity index (χ2n) is 7.84. The highest BCUT2D eigenvalue weighted by molar-refractivity contribution is 6.31. The summed E-state index contributed by atoms with van der Waals surface area (Å²) < 4.78 is 30.3. The number of carbonyl (C=O) groups excluding carboxylic acids is 1. The fourth-order valence-electron chi connectivity index (χ4n) is 4.09. The number of pyridine rings is 1. The van der Waals surface area contributed by atoms with E-state index in [1.807, 2.05) is 0 Å². The highest BCUT2D eigenvalue weighted by atomic mass is 35.5. The van der Waals surface area contributed by atoms with Gasteiger partial charge in [-0.25, -0.2) is 18.7 Å². The Balaban J connectivity index is 1.66. The molecule has 1 aliphatic rings. The van der Waals surface area contributed by atoms with Gasteiger partial charge in [-0.05, 0) is 36.2 Å². The first-order valence-corrected chi connectivity index (χ1v) is 10.7. The van der Waals surface area contributed by atoms with Crippen LogP contribution in [0.25, 0.3) is 27.8 Å². The van der Waals surface area contributed by atoms with Gasteiger partial charge in [0.25, 0.3) is 5.56 Å². The van der Waals surface area contributed by atoms with Crippen LogP contribution in [-0.4, -0.2) is 49.2 Å². The molecule has 5 rings (SSSR count). The largest absolute Gasteiger partial charge is 0.338 e. The lowest BCUT2D eigenvalue weighted by molar-refractivity contribution is -0.131. The summed E-state index contributed by atoms with van der Waals surface area (Å²) in [6.07, 6.45) is 5.49. The molecule has 4 heterocycles. The van der Waals surface area contributed by atoms with Gasteiger partial charge in [0, 0.05) is 30.7 Å². The SMILES string of the molecule is O=C(Cn1ccc2c(c(-c3ccc(F)c(Cl)c3)cn2-c2ccncn2)c1=O)N1CCC(F)C1. The molecule has 0 bridgehead atoms. The fourth-order valence-corrected chi connectivity index (χ4v) is 4.28. The minimum Gasteiger partial charge on any atom is -0.338 e. The maximum absolute atomic E-state index is 13.8. The van der Waals surface area contributed by atoms with E-state index >= 15 is 0 Å². The van der Waals surface area contributed by atoms with E-state index < -0.39 is 17.5 Å². The third-order valence-corrected chi connectivity index (χ3v) is 6.05. The molecule has 1 aliphatic heterocycles. The molecule has 0 radical (unpaired) electrons. The minimum atomic E-state index is -1.04. The molecular weight excluding hydrogens is 452 g/mol. The van der Waals surface area contributed by atoms with E-state index in [2.05, 4.69) is 9.97 Å². The summed E-state index contributed by atoms with van der Waals surface area (Å²) in [4.78, 5) is 35.7. The van der Waals surface area contributed by atoms with Crippen molar-refractivity contribution in [3.63, 3.8) is 0 Å². The zero-order chi connectivity index (χ0) is 23.1. The lowest BCUT2D eigenvalue weighted by Crippen LogP contribution is -2.35. The van der Waals surface area contributed by atoms with Crippen molar-refractivity contribution >= 4 is 28.4 Å². The normalized spacial score (nSPS) is 16.0. The zero-order valence-electron chi connectivity index (χ0n) is 17.3. The number of fused-ring (bicyclic) bond motifs is 1. The fraction of sp³-hybridized carbons (Fsp3) is 0.217. The molecule has 0 spiro atoms. The first kappa shape index (κ1) is 21.3. The van der Waals surface area contributed by atoms with Crippen molar-refractivity contribution in [2.75, 3.05) is 13.1 Å². The van der Waals surface area contributed by atoms with Crippen LogP contribution in [0.1, 0.15) is 6.42 Å². The first-order chi connectivity index (χ1) is 15.9. The second-order valence-corrected chi connectivity index (χ2v) is 8.25. The van der Waals surface area contributed by atoms with Crippen molar-refractivity contribution < 1.29 is 13.6 Å². The zero-order valence-corrected chi connectivity index (χ0v) is 18.0. The molecule has 4 aromatic rings. The summed E-state index contributed by atoms with van der Waals surface area (Å²) in [6.45, 7) is 0.170. The molecule has 0 N–H and O–H groups in total. The van der Waals surface area contributed by atoms with Crippen LogP contribution in [0, 0.1) is 5.82 Å². The summed E-state index contributed by atoms with van der Waals surface area (Å²) in [6, 6.07) is 7.62. The topological polar surface area (TPSA) is 73.0 Å². The van der Waals surface area contributed by atoms with E-state index in [1.165, 1.54) is 40.2 Å². The number of likely N-dealkylation sites (tertiary alicyclic amines) is 1. The maximum atomic E-state index is 13.8. The molecule has 3 aromatic heterocycles. The number of nitrogens with zero attached hydrogens (tertiary/aromatic N) is 5. The summed E-state index contributed by atoms with van der Waals surface area (Å²) >= 11 is 6.00. The molecule has 33 heavy (non-hydrogen) atoms. The average molecular weight is 470 g/mol. The van der Waals surface area contributed by atoms with Gasteiger partial charge in [0.05, 0.1) is 22.5 Å². The van der Waals surface area contributed by atoms with Crippen LogP contribution in [0.15, 0.2) is 60.0 Å². The van der Waals surface area contributed by atoms with Gasteiger partial charge in [-0.3, -0.25) is 9.59 Å². The number of halogens is 3. The van der Waals surface area contributed by atoms with Gasteiger partial charge in [-0.1, -0.05) is 17.7 Å². The molecule has 1 unspecified atom stereocenters. The molecule has 1 aromatic carbocycles. The van der Waals surface area contributed by atoms with Crippen LogP contribution in [0.4, 0.5) is 8.78 Å². The number of aromatic nitrogens is 4. The van der Waals surface area contributed by atoms with E-state index in [0.29, 0.717) is 40.8 Å². The third-order valence-electron chi connectivity index (χ3n) is 5.76. The lowest BCUT2D eigenvalue weighted by Gasteiger charge is -2.16. The van der Waals surface area contributed by atoms with Crippen molar-refractivity contribution in [3.8, 4) is 16.9 Å². The van der Waals surface area contributed by atoms with Crippen molar-refractivity contribution in [1.82, 2.24) is 24.0 Å². The Labute approximate surface area is 191 Å². The monoisotopic (exact) mass is 469 g/mol. The van der Waals surface area contributed by atoms with Crippen LogP contribution in [-0.2, 0) is 11.3 Å². The van der Waals surface area contributed by atoms with Crippen molar-refractivity contribution in [3.05, 3.63) is 76.4 Å². The van der Waals surface area contributed by atoms with E-state index in [0.717, 1.165) is 0 Å². The molecule has 1 saturated heterocycles. The molecular formula is C23H18ClF2N5O2. The Kier molecular flexibility index (Phi) is 5.41. The van der Waals surface area contributed by atoms with Crippen LogP contribution < -0.4 is 5.56 Å². The van der Waals surface area contributed by atoms with Gasteiger partial charge >= 0.3 is 0 Å². The van der Waals surface area contributed by atoms with Crippen LogP contribution in [0.2, 0.25) is 5.02 Å².